The van der Waals surface area contributed by atoms with E-state index in [9.17, 15) is 0 Å². The lowest BCUT2D eigenvalue weighted by Crippen LogP contribution is -2.45. The van der Waals surface area contributed by atoms with E-state index in [0.717, 1.165) is 24.4 Å². The Kier molecular flexibility index (Phi) is 7.96. The molecule has 0 aromatic rings. The largest absolute Gasteiger partial charge is 0.330 e. The second-order valence-corrected chi connectivity index (χ2v) is 6.78. The van der Waals surface area contributed by atoms with Crippen LogP contribution in [-0.4, -0.2) is 56.1 Å². The molecule has 0 radical (unpaired) electrons. The molecule has 0 aromatic heterocycles. The molecule has 1 fully saturated rings. The van der Waals surface area contributed by atoms with Gasteiger partial charge in [-0.05, 0) is 77.7 Å². The van der Waals surface area contributed by atoms with Crippen LogP contribution in [0.2, 0.25) is 0 Å². The van der Waals surface area contributed by atoms with Gasteiger partial charge in [0.2, 0.25) is 0 Å². The average Bonchev–Trinajstić information content (AvgIpc) is 2.38. The lowest BCUT2D eigenvalue weighted by molar-refractivity contribution is 0.129. The fraction of sp³-hybridized carbons (Fsp3) is 1.00. The first-order valence-corrected chi connectivity index (χ1v) is 8.13. The molecule has 19 heavy (non-hydrogen) atoms. The Balaban J connectivity index is 2.24. The lowest BCUT2D eigenvalue weighted by atomic mass is 9.88. The molecule has 0 spiro atoms. The van der Waals surface area contributed by atoms with Crippen LogP contribution in [0.4, 0.5) is 0 Å². The van der Waals surface area contributed by atoms with Gasteiger partial charge in [-0.3, -0.25) is 0 Å². The van der Waals surface area contributed by atoms with Gasteiger partial charge in [-0.15, -0.1) is 0 Å². The molecule has 1 aliphatic heterocycles. The summed E-state index contributed by atoms with van der Waals surface area (Å²) in [5.74, 6) is 1.60. The average molecular weight is 269 g/mol. The highest BCUT2D eigenvalue weighted by Crippen LogP contribution is 2.21. The van der Waals surface area contributed by atoms with Crippen molar-refractivity contribution in [2.75, 3.05) is 40.3 Å². The monoisotopic (exact) mass is 269 g/mol. The van der Waals surface area contributed by atoms with Crippen LogP contribution < -0.4 is 5.73 Å². The van der Waals surface area contributed by atoms with E-state index in [4.69, 9.17) is 5.73 Å². The van der Waals surface area contributed by atoms with Crippen molar-refractivity contribution in [3.8, 4) is 0 Å². The zero-order valence-electron chi connectivity index (χ0n) is 13.6. The molecule has 2 N–H and O–H groups in total. The van der Waals surface area contributed by atoms with Crippen LogP contribution in [0.25, 0.3) is 0 Å². The first-order valence-electron chi connectivity index (χ1n) is 8.13. The number of likely N-dealkylation sites (tertiary alicyclic amines) is 1. The highest BCUT2D eigenvalue weighted by atomic mass is 15.2. The molecule has 0 saturated carbocycles. The molecule has 0 aromatic carbocycles. The van der Waals surface area contributed by atoms with Crippen molar-refractivity contribution in [2.24, 2.45) is 17.6 Å². The van der Waals surface area contributed by atoms with Crippen molar-refractivity contribution in [2.45, 2.75) is 52.0 Å². The summed E-state index contributed by atoms with van der Waals surface area (Å²) in [5.41, 5.74) is 5.72. The second-order valence-electron chi connectivity index (χ2n) is 6.78. The van der Waals surface area contributed by atoms with Gasteiger partial charge in [0.1, 0.15) is 0 Å². The van der Waals surface area contributed by atoms with Gasteiger partial charge in [0.25, 0.3) is 0 Å². The number of rotatable bonds is 8. The molecule has 0 aliphatic carbocycles. The highest BCUT2D eigenvalue weighted by molar-refractivity contribution is 4.78. The van der Waals surface area contributed by atoms with Crippen LogP contribution in [-0.2, 0) is 0 Å². The van der Waals surface area contributed by atoms with Gasteiger partial charge < -0.3 is 15.5 Å². The number of nitrogens with zero attached hydrogens (tertiary/aromatic N) is 2. The van der Waals surface area contributed by atoms with Crippen LogP contribution in [0.15, 0.2) is 0 Å². The summed E-state index contributed by atoms with van der Waals surface area (Å²) >= 11 is 0. The topological polar surface area (TPSA) is 32.5 Å². The number of hydrogen-bond donors (Lipinski definition) is 1. The van der Waals surface area contributed by atoms with E-state index in [1.165, 1.54) is 51.7 Å². The molecular formula is C16H35N3. The third kappa shape index (κ3) is 6.24. The Labute approximate surface area is 120 Å². The molecule has 1 aliphatic rings. The zero-order chi connectivity index (χ0) is 14.3. The Morgan fingerprint density at radius 3 is 2.58 bits per heavy atom. The number of piperidine rings is 1. The minimum absolute atomic E-state index is 0.763. The molecule has 1 saturated heterocycles. The standard InChI is InChI=1S/C16H35N3/c1-14(2)15(9-10-17)7-5-11-19-12-6-8-16(13-19)18(3)4/h14-16H,5-13,17H2,1-4H3. The summed E-state index contributed by atoms with van der Waals surface area (Å²) in [4.78, 5) is 5.05. The second kappa shape index (κ2) is 8.93. The van der Waals surface area contributed by atoms with Gasteiger partial charge in [-0.1, -0.05) is 13.8 Å². The number of likely N-dealkylation sites (N-methyl/N-ethyl adjacent to an activating group) is 1. The maximum Gasteiger partial charge on any atom is 0.0217 e. The van der Waals surface area contributed by atoms with Gasteiger partial charge in [-0.2, -0.15) is 0 Å². The van der Waals surface area contributed by atoms with Crippen molar-refractivity contribution < 1.29 is 0 Å². The Hall–Kier alpha value is -0.120. The van der Waals surface area contributed by atoms with Crippen LogP contribution in [0.5, 0.6) is 0 Å². The maximum absolute atomic E-state index is 5.72. The van der Waals surface area contributed by atoms with Crippen molar-refractivity contribution in [3.63, 3.8) is 0 Å². The van der Waals surface area contributed by atoms with Crippen LogP contribution in [0.1, 0.15) is 46.0 Å². The molecule has 3 nitrogen and oxygen atoms in total. The fourth-order valence-electron chi connectivity index (χ4n) is 3.26. The molecule has 3 heteroatoms. The van der Waals surface area contributed by atoms with Crippen molar-refractivity contribution in [1.82, 2.24) is 9.80 Å². The van der Waals surface area contributed by atoms with Gasteiger partial charge in [-0.25, -0.2) is 0 Å². The van der Waals surface area contributed by atoms with Crippen molar-refractivity contribution in [1.29, 1.82) is 0 Å². The highest BCUT2D eigenvalue weighted by Gasteiger charge is 2.21. The Morgan fingerprint density at radius 2 is 2.00 bits per heavy atom. The summed E-state index contributed by atoms with van der Waals surface area (Å²) in [6.45, 7) is 9.35. The summed E-state index contributed by atoms with van der Waals surface area (Å²) < 4.78 is 0. The van der Waals surface area contributed by atoms with Gasteiger partial charge in [0.05, 0.1) is 0 Å². The predicted molar refractivity (Wildman–Crippen MR) is 84.4 cm³/mol. The van der Waals surface area contributed by atoms with E-state index < -0.39 is 0 Å². The summed E-state index contributed by atoms with van der Waals surface area (Å²) in [7, 11) is 4.43. The van der Waals surface area contributed by atoms with Crippen molar-refractivity contribution >= 4 is 0 Å². The Bertz CT molecular complexity index is 228. The molecule has 1 rings (SSSR count). The quantitative estimate of drug-likeness (QED) is 0.734. The first kappa shape index (κ1) is 16.9. The first-order chi connectivity index (χ1) is 9.04. The minimum atomic E-state index is 0.763. The van der Waals surface area contributed by atoms with E-state index in [1.807, 2.05) is 0 Å². The third-order valence-electron chi connectivity index (χ3n) is 4.74. The van der Waals surface area contributed by atoms with Gasteiger partial charge in [0, 0.05) is 12.6 Å². The van der Waals surface area contributed by atoms with Crippen molar-refractivity contribution in [3.05, 3.63) is 0 Å². The molecular weight excluding hydrogens is 234 g/mol. The summed E-state index contributed by atoms with van der Waals surface area (Å²) in [6, 6.07) is 0.763. The fourth-order valence-corrected chi connectivity index (χ4v) is 3.26. The summed E-state index contributed by atoms with van der Waals surface area (Å²) in [6.07, 6.45) is 6.60. The SMILES string of the molecule is CC(C)C(CCN)CCCN1CCCC(N(C)C)C1. The van der Waals surface area contributed by atoms with E-state index >= 15 is 0 Å². The summed E-state index contributed by atoms with van der Waals surface area (Å²) in [5, 5.41) is 0. The number of nitrogens with two attached hydrogens (primary N) is 1. The number of hydrogen-bond acceptors (Lipinski definition) is 3. The molecule has 2 unspecified atom stereocenters. The molecule has 0 bridgehead atoms. The molecule has 2 atom stereocenters. The van der Waals surface area contributed by atoms with E-state index in [2.05, 4.69) is 37.7 Å². The van der Waals surface area contributed by atoms with Crippen LogP contribution >= 0.6 is 0 Å². The van der Waals surface area contributed by atoms with Crippen LogP contribution in [0.3, 0.4) is 0 Å². The smallest absolute Gasteiger partial charge is 0.0217 e. The normalized spacial score (nSPS) is 23.2. The third-order valence-corrected chi connectivity index (χ3v) is 4.74. The lowest BCUT2D eigenvalue weighted by Gasteiger charge is -2.36. The molecule has 0 amide bonds. The van der Waals surface area contributed by atoms with E-state index in [1.54, 1.807) is 0 Å². The van der Waals surface area contributed by atoms with Gasteiger partial charge >= 0.3 is 0 Å². The van der Waals surface area contributed by atoms with E-state index in [-0.39, 0.29) is 0 Å². The molecule has 1 heterocycles. The van der Waals surface area contributed by atoms with Crippen LogP contribution in [0, 0.1) is 11.8 Å². The Morgan fingerprint density at radius 1 is 1.26 bits per heavy atom. The zero-order valence-corrected chi connectivity index (χ0v) is 13.6. The predicted octanol–water partition coefficient (Wildman–Crippen LogP) is 2.41. The molecule has 114 valence electrons. The van der Waals surface area contributed by atoms with Gasteiger partial charge in [0.15, 0.2) is 0 Å². The maximum atomic E-state index is 5.72. The minimum Gasteiger partial charge on any atom is -0.330 e. The van der Waals surface area contributed by atoms with E-state index in [0.29, 0.717) is 0 Å².